The van der Waals surface area contributed by atoms with Crippen molar-refractivity contribution in [3.63, 3.8) is 0 Å². The molecule has 0 aliphatic carbocycles. The Bertz CT molecular complexity index is 238. The van der Waals surface area contributed by atoms with Gasteiger partial charge in [-0.25, -0.2) is 4.39 Å². The van der Waals surface area contributed by atoms with Crippen molar-refractivity contribution in [3.05, 3.63) is 42.6 Å². The fraction of sp³-hybridized carbons (Fsp3) is 0.462. The lowest BCUT2D eigenvalue weighted by molar-refractivity contribution is 0.624. The Balaban J connectivity index is 2.15. The maximum atomic E-state index is 12.6. The Labute approximate surface area is 86.2 Å². The SMILES string of the molecule is [CH2]CCCCCCc1ccc(F)cc1. The van der Waals surface area contributed by atoms with Crippen LogP contribution in [0.4, 0.5) is 4.39 Å². The summed E-state index contributed by atoms with van der Waals surface area (Å²) in [5, 5.41) is 0. The fourth-order valence-corrected chi connectivity index (χ4v) is 1.51. The van der Waals surface area contributed by atoms with E-state index >= 15 is 0 Å². The van der Waals surface area contributed by atoms with Gasteiger partial charge < -0.3 is 0 Å². The van der Waals surface area contributed by atoms with Crippen LogP contribution in [0.2, 0.25) is 0 Å². The summed E-state index contributed by atoms with van der Waals surface area (Å²) in [6.07, 6.45) is 7.06. The summed E-state index contributed by atoms with van der Waals surface area (Å²) in [4.78, 5) is 0. The third-order valence-corrected chi connectivity index (χ3v) is 2.38. The van der Waals surface area contributed by atoms with Gasteiger partial charge in [-0.2, -0.15) is 0 Å². The average molecular weight is 193 g/mol. The predicted octanol–water partition coefficient (Wildman–Crippen LogP) is 4.15. The summed E-state index contributed by atoms with van der Waals surface area (Å²) in [5.74, 6) is -0.147. The van der Waals surface area contributed by atoms with Crippen molar-refractivity contribution in [2.24, 2.45) is 0 Å². The highest BCUT2D eigenvalue weighted by Gasteiger charge is 1.94. The van der Waals surface area contributed by atoms with Crippen LogP contribution in [-0.4, -0.2) is 0 Å². The molecule has 0 spiro atoms. The van der Waals surface area contributed by atoms with Gasteiger partial charge in [0.2, 0.25) is 0 Å². The van der Waals surface area contributed by atoms with Crippen LogP contribution in [0.1, 0.15) is 37.7 Å². The molecule has 1 radical (unpaired) electrons. The summed E-state index contributed by atoms with van der Waals surface area (Å²) in [7, 11) is 0. The summed E-state index contributed by atoms with van der Waals surface area (Å²) in [6.45, 7) is 3.81. The number of hydrogen-bond acceptors (Lipinski definition) is 0. The lowest BCUT2D eigenvalue weighted by Gasteiger charge is -2.01. The van der Waals surface area contributed by atoms with Crippen LogP contribution >= 0.6 is 0 Å². The van der Waals surface area contributed by atoms with Crippen LogP contribution in [0.3, 0.4) is 0 Å². The molecule has 0 fully saturated rings. The second-order valence-electron chi connectivity index (χ2n) is 3.64. The second kappa shape index (κ2) is 6.58. The number of halogens is 1. The first kappa shape index (κ1) is 11.2. The van der Waals surface area contributed by atoms with Gasteiger partial charge in [-0.3, -0.25) is 0 Å². The van der Waals surface area contributed by atoms with E-state index in [4.69, 9.17) is 0 Å². The van der Waals surface area contributed by atoms with Gasteiger partial charge in [0.1, 0.15) is 5.82 Å². The zero-order chi connectivity index (χ0) is 10.2. The molecular weight excluding hydrogens is 175 g/mol. The smallest absolute Gasteiger partial charge is 0.123 e. The van der Waals surface area contributed by atoms with E-state index in [1.54, 1.807) is 0 Å². The van der Waals surface area contributed by atoms with E-state index in [2.05, 4.69) is 6.92 Å². The number of benzene rings is 1. The Morgan fingerprint density at radius 3 is 2.21 bits per heavy atom. The highest BCUT2D eigenvalue weighted by Crippen LogP contribution is 2.09. The zero-order valence-electron chi connectivity index (χ0n) is 8.64. The van der Waals surface area contributed by atoms with Crippen molar-refractivity contribution >= 4 is 0 Å². The number of unbranched alkanes of at least 4 members (excludes halogenated alkanes) is 4. The van der Waals surface area contributed by atoms with E-state index in [0.29, 0.717) is 0 Å². The number of rotatable bonds is 6. The first-order chi connectivity index (χ1) is 6.83. The molecule has 0 heterocycles. The van der Waals surface area contributed by atoms with E-state index in [9.17, 15) is 4.39 Å². The quantitative estimate of drug-likeness (QED) is 0.595. The molecule has 1 rings (SSSR count). The van der Waals surface area contributed by atoms with Crippen molar-refractivity contribution in [1.82, 2.24) is 0 Å². The Morgan fingerprint density at radius 2 is 1.57 bits per heavy atom. The van der Waals surface area contributed by atoms with Crippen LogP contribution < -0.4 is 0 Å². The fourth-order valence-electron chi connectivity index (χ4n) is 1.51. The van der Waals surface area contributed by atoms with E-state index in [1.165, 1.54) is 43.4 Å². The average Bonchev–Trinajstić information content (AvgIpc) is 2.21. The van der Waals surface area contributed by atoms with Crippen molar-refractivity contribution in [3.8, 4) is 0 Å². The Morgan fingerprint density at radius 1 is 0.929 bits per heavy atom. The number of aryl methyl sites for hydroxylation is 1. The number of hydrogen-bond donors (Lipinski definition) is 0. The molecule has 0 saturated heterocycles. The summed E-state index contributed by atoms with van der Waals surface area (Å²) < 4.78 is 12.6. The van der Waals surface area contributed by atoms with Crippen molar-refractivity contribution in [2.45, 2.75) is 38.5 Å². The third kappa shape index (κ3) is 4.40. The van der Waals surface area contributed by atoms with E-state index in [-0.39, 0.29) is 5.82 Å². The molecule has 0 saturated carbocycles. The lowest BCUT2D eigenvalue weighted by Crippen LogP contribution is -1.86. The Hall–Kier alpha value is -0.850. The zero-order valence-corrected chi connectivity index (χ0v) is 8.64. The highest BCUT2D eigenvalue weighted by molar-refractivity contribution is 5.15. The molecule has 0 unspecified atom stereocenters. The van der Waals surface area contributed by atoms with E-state index in [0.717, 1.165) is 12.8 Å². The maximum Gasteiger partial charge on any atom is 0.123 e. The summed E-state index contributed by atoms with van der Waals surface area (Å²) in [5.41, 5.74) is 1.24. The minimum absolute atomic E-state index is 0.147. The van der Waals surface area contributed by atoms with Gasteiger partial charge in [-0.05, 0) is 30.5 Å². The monoisotopic (exact) mass is 193 g/mol. The highest BCUT2D eigenvalue weighted by atomic mass is 19.1. The summed E-state index contributed by atoms with van der Waals surface area (Å²) in [6, 6.07) is 6.81. The molecule has 0 atom stereocenters. The molecule has 0 nitrogen and oxygen atoms in total. The molecule has 1 aromatic carbocycles. The van der Waals surface area contributed by atoms with Crippen molar-refractivity contribution in [2.75, 3.05) is 0 Å². The van der Waals surface area contributed by atoms with Gasteiger partial charge in [0.25, 0.3) is 0 Å². The van der Waals surface area contributed by atoms with Crippen LogP contribution in [0.25, 0.3) is 0 Å². The topological polar surface area (TPSA) is 0 Å². The van der Waals surface area contributed by atoms with Gasteiger partial charge in [0.05, 0.1) is 0 Å². The third-order valence-electron chi connectivity index (χ3n) is 2.38. The maximum absolute atomic E-state index is 12.6. The van der Waals surface area contributed by atoms with Crippen LogP contribution in [-0.2, 0) is 6.42 Å². The van der Waals surface area contributed by atoms with Gasteiger partial charge in [-0.15, -0.1) is 0 Å². The molecular formula is C13H18F. The van der Waals surface area contributed by atoms with Gasteiger partial charge in [0, 0.05) is 0 Å². The minimum Gasteiger partial charge on any atom is -0.207 e. The largest absolute Gasteiger partial charge is 0.207 e. The van der Waals surface area contributed by atoms with E-state index < -0.39 is 0 Å². The second-order valence-corrected chi connectivity index (χ2v) is 3.64. The molecule has 0 N–H and O–H groups in total. The van der Waals surface area contributed by atoms with Crippen LogP contribution in [0, 0.1) is 12.7 Å². The molecule has 1 aromatic rings. The molecule has 77 valence electrons. The molecule has 0 aliphatic rings. The van der Waals surface area contributed by atoms with Gasteiger partial charge in [0.15, 0.2) is 0 Å². The van der Waals surface area contributed by atoms with Gasteiger partial charge in [-0.1, -0.05) is 44.7 Å². The first-order valence-corrected chi connectivity index (χ1v) is 5.36. The van der Waals surface area contributed by atoms with Crippen LogP contribution in [0.5, 0.6) is 0 Å². The van der Waals surface area contributed by atoms with Gasteiger partial charge >= 0.3 is 0 Å². The first-order valence-electron chi connectivity index (χ1n) is 5.36. The molecule has 0 aromatic heterocycles. The molecule has 0 aliphatic heterocycles. The van der Waals surface area contributed by atoms with Crippen LogP contribution in [0.15, 0.2) is 24.3 Å². The molecule has 14 heavy (non-hydrogen) atoms. The van der Waals surface area contributed by atoms with Crippen molar-refractivity contribution < 1.29 is 4.39 Å². The summed E-state index contributed by atoms with van der Waals surface area (Å²) >= 11 is 0. The predicted molar refractivity (Wildman–Crippen MR) is 58.5 cm³/mol. The van der Waals surface area contributed by atoms with E-state index in [1.807, 2.05) is 12.1 Å². The normalized spacial score (nSPS) is 10.4. The minimum atomic E-state index is -0.147. The standard InChI is InChI=1S/C13H18F/c1-2-3-4-5-6-7-12-8-10-13(14)11-9-12/h8-11H,1-7H2. The lowest BCUT2D eigenvalue weighted by atomic mass is 10.1. The molecule has 0 amide bonds. The van der Waals surface area contributed by atoms with Crippen molar-refractivity contribution in [1.29, 1.82) is 0 Å². The Kier molecular flexibility index (Phi) is 5.28. The molecule has 0 bridgehead atoms. The molecule has 1 heteroatoms.